The van der Waals surface area contributed by atoms with Gasteiger partial charge in [0.15, 0.2) is 11.0 Å². The van der Waals surface area contributed by atoms with Crippen molar-refractivity contribution in [2.24, 2.45) is 52.7 Å². The summed E-state index contributed by atoms with van der Waals surface area (Å²) < 4.78 is 0.617. The number of nitrogens with one attached hydrogen (secondary N) is 6. The molecule has 0 saturated carbocycles. The zero-order valence-electron chi connectivity index (χ0n) is 51.7. The molecule has 2 aliphatic rings. The molecule has 3 aromatic rings. The normalized spacial score (nSPS) is 16.9. The molecule has 26 nitrogen and oxygen atoms in total. The van der Waals surface area contributed by atoms with E-state index in [9.17, 15) is 78.1 Å². The highest BCUT2D eigenvalue weighted by Gasteiger charge is 2.43. The number of aromatic nitrogens is 1. The number of carbonyl (C=O) groups excluding carboxylic acids is 12. The fraction of sp³-hybridized carbons (Fsp3) is 0.578. The van der Waals surface area contributed by atoms with E-state index in [1.54, 1.807) is 30.3 Å². The second-order valence-electron chi connectivity index (χ2n) is 23.9. The zero-order chi connectivity index (χ0) is 67.3. The number of anilines is 1. The van der Waals surface area contributed by atoms with Crippen LogP contribution in [0.1, 0.15) is 152 Å². The van der Waals surface area contributed by atoms with Crippen LogP contribution in [-0.2, 0) is 59.2 Å². The third-order valence-electron chi connectivity index (χ3n) is 16.7. The van der Waals surface area contributed by atoms with Crippen LogP contribution in [0, 0.1) is 52.2 Å². The molecular formula is C64H87N11O15S2. The number of unbranched alkanes of at least 4 members (excludes halogenated alkanes) is 3. The number of thioether (sulfide) groups is 1. The van der Waals surface area contributed by atoms with Gasteiger partial charge in [0.05, 0.1) is 35.5 Å². The number of aliphatic hydroxyl groups excluding tert-OH is 2. The Balaban J connectivity index is 1.12. The molecule has 15 N–H and O–H groups in total. The number of primary amides is 2. The van der Waals surface area contributed by atoms with Gasteiger partial charge in [-0.25, -0.2) is 9.78 Å². The molecule has 2 aromatic carbocycles. The number of nitrogens with zero attached hydrogens (tertiary/aromatic N) is 2. The van der Waals surface area contributed by atoms with Crippen molar-refractivity contribution in [2.45, 2.75) is 165 Å². The number of thiazole rings is 1. The van der Waals surface area contributed by atoms with Crippen LogP contribution >= 0.6 is 23.1 Å². The second-order valence-corrected chi connectivity index (χ2v) is 26.2. The number of guanidine groups is 1. The van der Waals surface area contributed by atoms with Gasteiger partial charge in [0.2, 0.25) is 23.6 Å². The maximum atomic E-state index is 14.3. The Bertz CT molecular complexity index is 3150. The maximum absolute atomic E-state index is 14.3. The Morgan fingerprint density at radius 1 is 0.641 bits per heavy atom. The van der Waals surface area contributed by atoms with Crippen molar-refractivity contribution < 1.29 is 72.9 Å². The zero-order valence-corrected chi connectivity index (χ0v) is 53.4. The number of fused-ring (bicyclic) bond motifs is 2. The van der Waals surface area contributed by atoms with E-state index >= 15 is 0 Å². The molecule has 3 heterocycles. The number of phenols is 1. The molecule has 2 fully saturated rings. The minimum absolute atomic E-state index is 0.00365. The summed E-state index contributed by atoms with van der Waals surface area (Å²) in [6.07, 6.45) is 0.431. The van der Waals surface area contributed by atoms with E-state index in [2.05, 4.69) is 31.6 Å². The van der Waals surface area contributed by atoms with Gasteiger partial charge in [-0.3, -0.25) is 58.1 Å². The van der Waals surface area contributed by atoms with Gasteiger partial charge in [-0.1, -0.05) is 25.0 Å². The van der Waals surface area contributed by atoms with Crippen LogP contribution < -0.4 is 43.8 Å². The van der Waals surface area contributed by atoms with Gasteiger partial charge in [0, 0.05) is 142 Å². The van der Waals surface area contributed by atoms with Crippen LogP contribution in [0.5, 0.6) is 5.75 Å². The summed E-state index contributed by atoms with van der Waals surface area (Å²) in [5.74, 6) is -12.6. The molecule has 5 rings (SSSR count). The average molecular weight is 1310 g/mol. The van der Waals surface area contributed by atoms with E-state index in [-0.39, 0.29) is 124 Å². The number of urea groups is 1. The lowest BCUT2D eigenvalue weighted by molar-refractivity contribution is -0.135. The summed E-state index contributed by atoms with van der Waals surface area (Å²) in [6, 6.07) is 12.9. The van der Waals surface area contributed by atoms with Crippen LogP contribution in [0.25, 0.3) is 10.2 Å². The van der Waals surface area contributed by atoms with E-state index in [0.717, 1.165) is 36.4 Å². The monoisotopic (exact) mass is 1310 g/mol. The lowest BCUT2D eigenvalue weighted by Gasteiger charge is -2.23. The molecule has 6 amide bonds. The smallest absolute Gasteiger partial charge is 0.315 e. The molecule has 0 spiro atoms. The number of aromatic hydroxyl groups is 1. The minimum atomic E-state index is -1.37. The molecule has 0 aliphatic carbocycles. The van der Waals surface area contributed by atoms with Crippen molar-refractivity contribution >= 4 is 115 Å². The van der Waals surface area contributed by atoms with Gasteiger partial charge in [0.25, 0.3) is 0 Å². The molecule has 28 heteroatoms. The van der Waals surface area contributed by atoms with Crippen molar-refractivity contribution in [1.29, 1.82) is 10.7 Å². The molecule has 0 radical (unpaired) electrons. The van der Waals surface area contributed by atoms with E-state index in [4.69, 9.17) is 22.6 Å². The van der Waals surface area contributed by atoms with Crippen LogP contribution in [0.15, 0.2) is 42.5 Å². The maximum Gasteiger partial charge on any atom is 0.315 e. The molecule has 2 saturated heterocycles. The predicted molar refractivity (Wildman–Crippen MR) is 343 cm³/mol. The standard InChI is InChI=1S/C64H87N11O15S2/c65-33-60-73-48-19-15-44(32-56(48)92-60)72-62(89)41(25-37-11-16-45(78)17-12-37)31-52(83)39(13-21-57(66)86)29-51(82)40(14-22-58(67)87)30-54(85)43(35-77)27-47(80)18-20-50(81)38(7-6-24-71-63(68)69)28-53(84)42(34-76)26-46(79)8-2-1-5-23-70-59(88)10-4-3-9-55-61-49(36-91-55)74-64(90)75-61/h11-12,15-17,19,32,38-43,49,55,61,76-78H,1-10,13-14,18,20-31,34-36H2,(H2,66,86)(H2,67,87)(H,70,88)(H,72,89)(H4,68,69,71)(H2,74,75,90). The van der Waals surface area contributed by atoms with Gasteiger partial charge in [-0.15, -0.1) is 11.3 Å². The van der Waals surface area contributed by atoms with Crippen LogP contribution in [0.2, 0.25) is 0 Å². The Morgan fingerprint density at radius 2 is 1.22 bits per heavy atom. The van der Waals surface area contributed by atoms with E-state index in [0.29, 0.717) is 58.9 Å². The quantitative estimate of drug-likeness (QED) is 0.0164. The number of Topliss-reactive ketones (excluding diaryl/α,β-unsaturated/α-hetero) is 7. The fourth-order valence-electron chi connectivity index (χ4n) is 11.4. The first kappa shape index (κ1) is 74.7. The summed E-state index contributed by atoms with van der Waals surface area (Å²) in [5, 5.41) is 62.2. The van der Waals surface area contributed by atoms with Crippen LogP contribution in [0.4, 0.5) is 10.5 Å². The van der Waals surface area contributed by atoms with Gasteiger partial charge in [-0.05, 0) is 93.7 Å². The fourth-order valence-corrected chi connectivity index (χ4v) is 13.8. The highest BCUT2D eigenvalue weighted by atomic mass is 32.2. The molecule has 2 aliphatic heterocycles. The molecular weight excluding hydrogens is 1230 g/mol. The Hall–Kier alpha value is -8.00. The first-order valence-electron chi connectivity index (χ1n) is 31.3. The SMILES string of the molecule is N#Cc1nc2ccc(NC(=O)C(CC(=O)C(CCC(N)=O)CC(=O)C(CCC(N)=O)CC(=O)C(CO)CC(=O)CCC(=O)C(CCCNC(=N)N)CC(=O)C(CO)CC(=O)CCCCCNC(=O)CCCCC3SCC4NC(=O)NC43)Cc3ccc(O)cc3)cc2s1. The molecule has 0 bridgehead atoms. The molecule has 9 atom stereocenters. The van der Waals surface area contributed by atoms with Crippen molar-refractivity contribution in [3.05, 3.63) is 53.0 Å². The Morgan fingerprint density at radius 3 is 1.82 bits per heavy atom. The van der Waals surface area contributed by atoms with E-state index < -0.39 is 133 Å². The van der Waals surface area contributed by atoms with Gasteiger partial charge in [-0.2, -0.15) is 17.0 Å². The molecule has 9 unspecified atom stereocenters. The summed E-state index contributed by atoms with van der Waals surface area (Å²) in [4.78, 5) is 163. The summed E-state index contributed by atoms with van der Waals surface area (Å²) >= 11 is 2.95. The topological polar surface area (TPSA) is 464 Å². The molecule has 1 aromatic heterocycles. The Labute approximate surface area is 542 Å². The number of amides is 6. The largest absolute Gasteiger partial charge is 0.508 e. The van der Waals surface area contributed by atoms with Gasteiger partial charge < -0.3 is 59.1 Å². The number of hydrogen-bond donors (Lipinski definition) is 12. The van der Waals surface area contributed by atoms with E-state index in [1.807, 2.05) is 17.8 Å². The number of phenolic OH excluding ortho intramolecular Hbond substituents is 1. The predicted octanol–water partition coefficient (Wildman–Crippen LogP) is 4.04. The van der Waals surface area contributed by atoms with Gasteiger partial charge in [0.1, 0.15) is 52.3 Å². The van der Waals surface area contributed by atoms with Crippen molar-refractivity contribution in [3.8, 4) is 11.8 Å². The van der Waals surface area contributed by atoms with Crippen molar-refractivity contribution in [2.75, 3.05) is 37.4 Å². The second kappa shape index (κ2) is 38.8. The summed E-state index contributed by atoms with van der Waals surface area (Å²) in [7, 11) is 0. The number of carbonyl (C=O) groups is 12. The average Bonchev–Trinajstić information content (AvgIpc) is 1.98. The van der Waals surface area contributed by atoms with Crippen LogP contribution in [0.3, 0.4) is 0 Å². The minimum Gasteiger partial charge on any atom is -0.508 e. The number of benzene rings is 2. The van der Waals surface area contributed by atoms with Crippen LogP contribution in [-0.4, -0.2) is 146 Å². The number of nitriles is 1. The summed E-state index contributed by atoms with van der Waals surface area (Å²) in [6.45, 7) is -0.883. The van der Waals surface area contributed by atoms with Crippen molar-refractivity contribution in [1.82, 2.24) is 26.3 Å². The lowest BCUT2D eigenvalue weighted by atomic mass is 9.80. The first-order chi connectivity index (χ1) is 43.9. The molecule has 92 heavy (non-hydrogen) atoms. The number of hydrogen-bond acceptors (Lipinski definition) is 20. The highest BCUT2D eigenvalue weighted by Crippen LogP contribution is 2.34. The number of ketones is 7. The lowest BCUT2D eigenvalue weighted by Crippen LogP contribution is -2.36. The summed E-state index contributed by atoms with van der Waals surface area (Å²) in [5.41, 5.74) is 17.8. The highest BCUT2D eigenvalue weighted by molar-refractivity contribution is 8.00. The van der Waals surface area contributed by atoms with E-state index in [1.165, 1.54) is 12.1 Å². The van der Waals surface area contributed by atoms with Gasteiger partial charge >= 0.3 is 6.03 Å². The Kier molecular flexibility index (Phi) is 31.5. The van der Waals surface area contributed by atoms with Crippen molar-refractivity contribution in [3.63, 3.8) is 0 Å². The number of nitrogens with two attached hydrogens (primary N) is 3. The third kappa shape index (κ3) is 25.9. The first-order valence-corrected chi connectivity index (χ1v) is 33.2. The molecule has 500 valence electrons. The number of aliphatic hydroxyl groups is 2. The third-order valence-corrected chi connectivity index (χ3v) is 19.1. The number of rotatable bonds is 47.